The summed E-state index contributed by atoms with van der Waals surface area (Å²) in [6.45, 7) is 3.45. The zero-order valence-electron chi connectivity index (χ0n) is 20.9. The zero-order chi connectivity index (χ0) is 25.6. The first-order valence-electron chi connectivity index (χ1n) is 13.0. The summed E-state index contributed by atoms with van der Waals surface area (Å²) in [5.74, 6) is 0. The van der Waals surface area contributed by atoms with Crippen LogP contribution >= 0.6 is 0 Å². The van der Waals surface area contributed by atoms with Gasteiger partial charge in [0.1, 0.15) is 5.69 Å². The van der Waals surface area contributed by atoms with Crippen molar-refractivity contribution in [3.05, 3.63) is 83.4 Å². The van der Waals surface area contributed by atoms with Gasteiger partial charge in [0.2, 0.25) is 0 Å². The van der Waals surface area contributed by atoms with E-state index in [1.807, 2.05) is 41.3 Å². The van der Waals surface area contributed by atoms with Gasteiger partial charge in [0.25, 0.3) is 0 Å². The topological polar surface area (TPSA) is 104 Å². The maximum atomic E-state index is 12.8. The Kier molecular flexibility index (Phi) is 5.38. The van der Waals surface area contributed by atoms with Gasteiger partial charge in [-0.1, -0.05) is 30.3 Å². The van der Waals surface area contributed by atoms with Crippen LogP contribution < -0.4 is 5.32 Å². The van der Waals surface area contributed by atoms with Gasteiger partial charge in [-0.25, -0.2) is 4.79 Å². The number of fused-ring (bicyclic) bond motifs is 3. The van der Waals surface area contributed by atoms with Gasteiger partial charge in [-0.05, 0) is 60.4 Å². The molecule has 2 amide bonds. The highest BCUT2D eigenvalue weighted by Crippen LogP contribution is 2.32. The van der Waals surface area contributed by atoms with Crippen molar-refractivity contribution >= 4 is 33.5 Å². The maximum Gasteiger partial charge on any atom is 0.322 e. The van der Waals surface area contributed by atoms with Crippen molar-refractivity contribution in [3.63, 3.8) is 0 Å². The van der Waals surface area contributed by atoms with E-state index >= 15 is 0 Å². The summed E-state index contributed by atoms with van der Waals surface area (Å²) in [7, 11) is 0. The number of carbonyl (C=O) groups excluding carboxylic acids is 1. The van der Waals surface area contributed by atoms with E-state index in [1.54, 1.807) is 0 Å². The van der Waals surface area contributed by atoms with Gasteiger partial charge in [0, 0.05) is 54.2 Å². The van der Waals surface area contributed by atoms with Crippen LogP contribution in [0.3, 0.4) is 0 Å². The molecule has 5 aromatic rings. The molecule has 0 radical (unpaired) electrons. The quantitative estimate of drug-likeness (QED) is 0.298. The molecular weight excluding hydrogens is 474 g/mol. The number of amides is 2. The van der Waals surface area contributed by atoms with E-state index in [1.165, 1.54) is 16.5 Å². The number of nitrogens with zero attached hydrogens (tertiary/aromatic N) is 4. The van der Waals surface area contributed by atoms with E-state index < -0.39 is 0 Å². The van der Waals surface area contributed by atoms with Gasteiger partial charge in [-0.2, -0.15) is 10.4 Å². The normalized spacial score (nSPS) is 16.5. The number of anilines is 1. The third-order valence-electron chi connectivity index (χ3n) is 7.95. The Morgan fingerprint density at radius 2 is 1.84 bits per heavy atom. The van der Waals surface area contributed by atoms with Gasteiger partial charge >= 0.3 is 6.03 Å². The van der Waals surface area contributed by atoms with Crippen molar-refractivity contribution < 1.29 is 4.79 Å². The first-order chi connectivity index (χ1) is 18.7. The lowest BCUT2D eigenvalue weighted by molar-refractivity contribution is 0.118. The van der Waals surface area contributed by atoms with Crippen molar-refractivity contribution in [2.45, 2.75) is 32.0 Å². The molecule has 188 valence electrons. The van der Waals surface area contributed by atoms with Crippen LogP contribution in [0.5, 0.6) is 0 Å². The average Bonchev–Trinajstić information content (AvgIpc) is 3.57. The number of nitriles is 1. The van der Waals surface area contributed by atoms with E-state index in [0.717, 1.165) is 66.0 Å². The summed E-state index contributed by atoms with van der Waals surface area (Å²) < 4.78 is 0. The second kappa shape index (κ2) is 9.05. The maximum absolute atomic E-state index is 12.8. The standard InChI is InChI=1S/C30H27N7O/c31-16-19-8-9-23-27(14-19)34-35-29(23)28-15-24-20(5-3-7-26(24)32-28)17-36-12-10-22(11-13-36)37-18-21-4-1-2-6-25(21)33-30(37)38/h1-9,14-15,22,32H,10-13,17-18H2,(H,33,38)(H,34,35). The summed E-state index contributed by atoms with van der Waals surface area (Å²) in [5.41, 5.74) is 7.75. The summed E-state index contributed by atoms with van der Waals surface area (Å²) in [6, 6.07) is 24.7. The highest BCUT2D eigenvalue weighted by Gasteiger charge is 2.31. The van der Waals surface area contributed by atoms with E-state index in [9.17, 15) is 10.1 Å². The predicted octanol–water partition coefficient (Wildman–Crippen LogP) is 5.59. The van der Waals surface area contributed by atoms with Gasteiger partial charge < -0.3 is 15.2 Å². The second-order valence-electron chi connectivity index (χ2n) is 10.2. The predicted molar refractivity (Wildman–Crippen MR) is 147 cm³/mol. The Labute approximate surface area is 219 Å². The minimum absolute atomic E-state index is 0.0153. The highest BCUT2D eigenvalue weighted by atomic mass is 16.2. The number of rotatable bonds is 4. The molecule has 0 unspecified atom stereocenters. The molecule has 3 aromatic carbocycles. The Bertz CT molecular complexity index is 1720. The average molecular weight is 502 g/mol. The summed E-state index contributed by atoms with van der Waals surface area (Å²) >= 11 is 0. The van der Waals surface area contributed by atoms with E-state index in [-0.39, 0.29) is 12.1 Å². The molecule has 1 fully saturated rings. The Hall–Kier alpha value is -4.61. The number of nitrogens with one attached hydrogen (secondary N) is 3. The molecular formula is C30H27N7O. The van der Waals surface area contributed by atoms with Crippen LogP contribution in [0.2, 0.25) is 0 Å². The number of carbonyl (C=O) groups is 1. The molecule has 0 bridgehead atoms. The third kappa shape index (κ3) is 3.88. The Balaban J connectivity index is 1.07. The molecule has 0 saturated carbocycles. The van der Waals surface area contributed by atoms with Crippen LogP contribution in [-0.2, 0) is 13.1 Å². The molecule has 8 nitrogen and oxygen atoms in total. The fourth-order valence-corrected chi connectivity index (χ4v) is 5.93. The summed E-state index contributed by atoms with van der Waals surface area (Å²) in [4.78, 5) is 20.8. The number of likely N-dealkylation sites (tertiary alicyclic amines) is 1. The molecule has 7 rings (SSSR count). The SMILES string of the molecule is N#Cc1ccc2c(-c3cc4c(CN5CCC(N6Cc7ccccc7NC6=O)CC5)cccc4[nH]3)n[nH]c2c1. The van der Waals surface area contributed by atoms with Gasteiger partial charge in [0.05, 0.1) is 22.8 Å². The van der Waals surface area contributed by atoms with Crippen LogP contribution in [0, 0.1) is 11.3 Å². The fraction of sp³-hybridized carbons (Fsp3) is 0.233. The van der Waals surface area contributed by atoms with Crippen LogP contribution in [0.25, 0.3) is 33.2 Å². The van der Waals surface area contributed by atoms with Crippen molar-refractivity contribution in [2.75, 3.05) is 18.4 Å². The minimum atomic E-state index is 0.0153. The van der Waals surface area contributed by atoms with Crippen molar-refractivity contribution in [3.8, 4) is 17.5 Å². The number of hydrogen-bond donors (Lipinski definition) is 3. The largest absolute Gasteiger partial charge is 0.353 e. The third-order valence-corrected chi connectivity index (χ3v) is 7.95. The molecule has 1 saturated heterocycles. The van der Waals surface area contributed by atoms with Crippen molar-refractivity contribution in [1.82, 2.24) is 25.0 Å². The van der Waals surface area contributed by atoms with E-state index in [4.69, 9.17) is 0 Å². The molecule has 2 aliphatic rings. The van der Waals surface area contributed by atoms with Gasteiger partial charge in [-0.15, -0.1) is 0 Å². The van der Waals surface area contributed by atoms with Gasteiger partial charge in [-0.3, -0.25) is 10.00 Å². The molecule has 3 N–H and O–H groups in total. The Morgan fingerprint density at radius 3 is 2.71 bits per heavy atom. The lowest BCUT2D eigenvalue weighted by atomic mass is 10.00. The lowest BCUT2D eigenvalue weighted by Crippen LogP contribution is -2.50. The van der Waals surface area contributed by atoms with Crippen molar-refractivity contribution in [2.24, 2.45) is 0 Å². The van der Waals surface area contributed by atoms with Crippen LogP contribution in [0.15, 0.2) is 66.7 Å². The smallest absolute Gasteiger partial charge is 0.322 e. The lowest BCUT2D eigenvalue weighted by Gasteiger charge is -2.40. The molecule has 0 atom stereocenters. The van der Waals surface area contributed by atoms with Crippen LogP contribution in [0.4, 0.5) is 10.5 Å². The molecule has 0 aliphatic carbocycles. The second-order valence-corrected chi connectivity index (χ2v) is 10.2. The number of aromatic amines is 2. The fourth-order valence-electron chi connectivity index (χ4n) is 5.93. The number of hydrogen-bond acceptors (Lipinski definition) is 4. The molecule has 4 heterocycles. The number of aromatic nitrogens is 3. The van der Waals surface area contributed by atoms with E-state index in [0.29, 0.717) is 12.1 Å². The number of piperidine rings is 1. The number of para-hydroxylation sites is 1. The summed E-state index contributed by atoms with van der Waals surface area (Å²) in [6.07, 6.45) is 1.93. The molecule has 0 spiro atoms. The first kappa shape index (κ1) is 22.6. The number of urea groups is 1. The monoisotopic (exact) mass is 501 g/mol. The van der Waals surface area contributed by atoms with Gasteiger partial charge in [0.15, 0.2) is 0 Å². The zero-order valence-corrected chi connectivity index (χ0v) is 20.9. The molecule has 8 heteroatoms. The van der Waals surface area contributed by atoms with E-state index in [2.05, 4.69) is 61.8 Å². The minimum Gasteiger partial charge on any atom is -0.353 e. The van der Waals surface area contributed by atoms with Crippen LogP contribution in [-0.4, -0.2) is 50.1 Å². The number of benzene rings is 3. The molecule has 2 aliphatic heterocycles. The van der Waals surface area contributed by atoms with Crippen molar-refractivity contribution in [1.29, 1.82) is 5.26 Å². The first-order valence-corrected chi connectivity index (χ1v) is 13.0. The summed E-state index contributed by atoms with van der Waals surface area (Å²) in [5, 5.41) is 22.0. The van der Waals surface area contributed by atoms with Crippen LogP contribution in [0.1, 0.15) is 29.5 Å². The molecule has 38 heavy (non-hydrogen) atoms. The highest BCUT2D eigenvalue weighted by molar-refractivity contribution is 5.97. The number of H-pyrrole nitrogens is 2. The Morgan fingerprint density at radius 1 is 0.974 bits per heavy atom. The molecule has 2 aromatic heterocycles.